The van der Waals surface area contributed by atoms with Gasteiger partial charge in [0.1, 0.15) is 11.4 Å². The molecule has 0 radical (unpaired) electrons. The fourth-order valence-electron chi connectivity index (χ4n) is 1.40. The molecule has 10 heteroatoms. The van der Waals surface area contributed by atoms with E-state index in [1.54, 1.807) is 6.92 Å². The van der Waals surface area contributed by atoms with Gasteiger partial charge in [0.25, 0.3) is 0 Å². The molecule has 1 aromatic rings. The minimum absolute atomic E-state index is 0.0153. The van der Waals surface area contributed by atoms with Crippen LogP contribution in [0, 0.1) is 0 Å². The molecule has 0 fully saturated rings. The number of alkyl halides is 4. The zero-order valence-corrected chi connectivity index (χ0v) is 14.3. The summed E-state index contributed by atoms with van der Waals surface area (Å²) in [5.41, 5.74) is 3.75. The number of halogens is 4. The zero-order chi connectivity index (χ0) is 17.6. The van der Waals surface area contributed by atoms with E-state index < -0.39 is 22.7 Å². The third kappa shape index (κ3) is 5.54. The first-order valence-corrected chi connectivity index (χ1v) is 8.69. The lowest BCUT2D eigenvalue weighted by molar-refractivity contribution is -0.0925. The summed E-state index contributed by atoms with van der Waals surface area (Å²) in [5.74, 6) is -0.0863. The number of aliphatic imine (C=N–C) groups is 1. The Hall–Kier alpha value is -1.55. The van der Waals surface area contributed by atoms with Crippen molar-refractivity contribution in [1.29, 1.82) is 0 Å². The lowest BCUT2D eigenvalue weighted by atomic mass is 10.2. The van der Waals surface area contributed by atoms with E-state index in [9.17, 15) is 22.2 Å². The van der Waals surface area contributed by atoms with Gasteiger partial charge in [0.05, 0.1) is 32.9 Å². The highest BCUT2D eigenvalue weighted by molar-refractivity contribution is 9.09. The Morgan fingerprint density at radius 1 is 1.52 bits per heavy atom. The number of rotatable bonds is 6. The molecule has 0 bridgehead atoms. The molecule has 0 aliphatic carbocycles. The highest BCUT2D eigenvalue weighted by atomic mass is 79.9. The van der Waals surface area contributed by atoms with Crippen molar-refractivity contribution in [1.82, 2.24) is 4.98 Å². The van der Waals surface area contributed by atoms with Crippen LogP contribution in [0.15, 0.2) is 33.9 Å². The molecule has 0 aliphatic heterocycles. The molecule has 5 nitrogen and oxygen atoms in total. The second-order valence-corrected chi connectivity index (χ2v) is 6.40. The van der Waals surface area contributed by atoms with Crippen molar-refractivity contribution in [3.05, 3.63) is 29.7 Å². The van der Waals surface area contributed by atoms with Crippen LogP contribution in [-0.2, 0) is 10.8 Å². The second kappa shape index (κ2) is 8.34. The lowest BCUT2D eigenvalue weighted by Crippen LogP contribution is -2.19. The standard InChI is InChI=1S/C13H13BrF3N3O2S/c1-2-23(22)10-5-8(7-20-12(10)9(21)6-14)19-4-3-11(18)13(15,16)17/h3-5,7H,2,6,18H2,1H3. The fourth-order valence-corrected chi connectivity index (χ4v) is 2.62. The molecule has 1 atom stereocenters. The molecule has 0 spiro atoms. The molecule has 1 unspecified atom stereocenters. The minimum Gasteiger partial charge on any atom is -0.395 e. The second-order valence-electron chi connectivity index (χ2n) is 4.13. The monoisotopic (exact) mass is 411 g/mol. The lowest BCUT2D eigenvalue weighted by Gasteiger charge is -2.06. The molecule has 126 valence electrons. The molecule has 2 N–H and O–H groups in total. The van der Waals surface area contributed by atoms with Crippen LogP contribution < -0.4 is 5.73 Å². The number of pyridine rings is 1. The molecule has 0 saturated carbocycles. The number of allylic oxidation sites excluding steroid dienone is 2. The van der Waals surface area contributed by atoms with E-state index >= 15 is 0 Å². The molecule has 0 aliphatic rings. The number of hydrogen-bond donors (Lipinski definition) is 1. The average molecular weight is 412 g/mol. The van der Waals surface area contributed by atoms with Crippen LogP contribution in [0.2, 0.25) is 0 Å². The van der Waals surface area contributed by atoms with Crippen molar-refractivity contribution in [3.63, 3.8) is 0 Å². The van der Waals surface area contributed by atoms with Gasteiger partial charge in [0.15, 0.2) is 5.78 Å². The van der Waals surface area contributed by atoms with E-state index in [0.29, 0.717) is 6.08 Å². The van der Waals surface area contributed by atoms with Crippen molar-refractivity contribution in [2.24, 2.45) is 10.7 Å². The van der Waals surface area contributed by atoms with Crippen LogP contribution in [0.4, 0.5) is 18.9 Å². The molecule has 0 aromatic carbocycles. The number of hydrogen-bond acceptors (Lipinski definition) is 5. The first kappa shape index (κ1) is 19.5. The van der Waals surface area contributed by atoms with Crippen LogP contribution in [0.25, 0.3) is 0 Å². The molecule has 1 rings (SSSR count). The highest BCUT2D eigenvalue weighted by Gasteiger charge is 2.30. The van der Waals surface area contributed by atoms with Crippen LogP contribution in [-0.4, -0.2) is 38.4 Å². The Morgan fingerprint density at radius 3 is 2.70 bits per heavy atom. The number of nitrogens with zero attached hydrogens (tertiary/aromatic N) is 2. The van der Waals surface area contributed by atoms with Gasteiger partial charge in [-0.25, -0.2) is 4.98 Å². The summed E-state index contributed by atoms with van der Waals surface area (Å²) in [4.78, 5) is 19.6. The van der Waals surface area contributed by atoms with Gasteiger partial charge >= 0.3 is 6.18 Å². The molecule has 0 saturated heterocycles. The van der Waals surface area contributed by atoms with Gasteiger partial charge < -0.3 is 5.73 Å². The van der Waals surface area contributed by atoms with Gasteiger partial charge in [-0.05, 0) is 12.1 Å². The van der Waals surface area contributed by atoms with E-state index in [1.165, 1.54) is 12.3 Å². The summed E-state index contributed by atoms with van der Waals surface area (Å²) in [5, 5.41) is 0.0153. The molecule has 23 heavy (non-hydrogen) atoms. The molecular weight excluding hydrogens is 399 g/mol. The minimum atomic E-state index is -4.63. The summed E-state index contributed by atoms with van der Waals surface area (Å²) < 4.78 is 48.7. The topological polar surface area (TPSA) is 85.4 Å². The largest absolute Gasteiger partial charge is 0.430 e. The maximum atomic E-state index is 12.2. The van der Waals surface area contributed by atoms with Gasteiger partial charge in [-0.15, -0.1) is 0 Å². The molecular formula is C13H13BrF3N3O2S. The van der Waals surface area contributed by atoms with Crippen LogP contribution in [0.5, 0.6) is 0 Å². The van der Waals surface area contributed by atoms with E-state index in [4.69, 9.17) is 5.73 Å². The van der Waals surface area contributed by atoms with Crippen molar-refractivity contribution in [2.45, 2.75) is 18.0 Å². The van der Waals surface area contributed by atoms with Crippen molar-refractivity contribution >= 4 is 44.4 Å². The summed E-state index contributed by atoms with van der Waals surface area (Å²) in [6.45, 7) is 1.67. The first-order valence-electron chi connectivity index (χ1n) is 6.25. The quantitative estimate of drug-likeness (QED) is 0.443. The Bertz CT molecular complexity index is 675. The zero-order valence-electron chi connectivity index (χ0n) is 11.9. The molecule has 1 heterocycles. The molecule has 1 aromatic heterocycles. The van der Waals surface area contributed by atoms with E-state index in [0.717, 1.165) is 6.21 Å². The smallest absolute Gasteiger partial charge is 0.395 e. The SMILES string of the molecule is CCS(=O)c1cc(N=CC=C(N)C(F)(F)F)cnc1C(=O)CBr. The maximum absolute atomic E-state index is 12.2. The maximum Gasteiger partial charge on any atom is 0.430 e. The van der Waals surface area contributed by atoms with E-state index in [-0.39, 0.29) is 33.1 Å². The van der Waals surface area contributed by atoms with Gasteiger partial charge in [0.2, 0.25) is 0 Å². The van der Waals surface area contributed by atoms with Crippen molar-refractivity contribution < 1.29 is 22.2 Å². The summed E-state index contributed by atoms with van der Waals surface area (Å²) >= 11 is 3.01. The summed E-state index contributed by atoms with van der Waals surface area (Å²) in [6, 6.07) is 1.36. The number of carbonyl (C=O) groups excluding carboxylic acids is 1. The Labute approximate surface area is 141 Å². The number of aromatic nitrogens is 1. The van der Waals surface area contributed by atoms with Gasteiger partial charge in [0, 0.05) is 12.0 Å². The highest BCUT2D eigenvalue weighted by Crippen LogP contribution is 2.22. The number of ketones is 1. The van der Waals surface area contributed by atoms with E-state index in [1.807, 2.05) is 0 Å². The summed E-state index contributed by atoms with van der Waals surface area (Å²) in [6.07, 6.45) is -1.95. The summed E-state index contributed by atoms with van der Waals surface area (Å²) in [7, 11) is -1.46. The van der Waals surface area contributed by atoms with Crippen LogP contribution in [0.3, 0.4) is 0 Å². The number of carbonyl (C=O) groups is 1. The number of Topliss-reactive ketones (excluding diaryl/α,β-unsaturated/α-hetero) is 1. The number of nitrogens with two attached hydrogens (primary N) is 1. The predicted molar refractivity (Wildman–Crippen MR) is 85.8 cm³/mol. The molecule has 0 amide bonds. The van der Waals surface area contributed by atoms with Gasteiger partial charge in [-0.3, -0.25) is 14.0 Å². The van der Waals surface area contributed by atoms with Gasteiger partial charge in [-0.2, -0.15) is 13.2 Å². The Balaban J connectivity index is 3.16. The average Bonchev–Trinajstić information content (AvgIpc) is 2.52. The first-order chi connectivity index (χ1) is 10.7. The third-order valence-corrected chi connectivity index (χ3v) is 4.37. The normalized spacial score (nSPS) is 14.2. The van der Waals surface area contributed by atoms with Gasteiger partial charge in [-0.1, -0.05) is 22.9 Å². The predicted octanol–water partition coefficient (Wildman–Crippen LogP) is 2.89. The van der Waals surface area contributed by atoms with Crippen molar-refractivity contribution in [2.75, 3.05) is 11.1 Å². The van der Waals surface area contributed by atoms with Crippen LogP contribution >= 0.6 is 15.9 Å². The van der Waals surface area contributed by atoms with Crippen LogP contribution in [0.1, 0.15) is 17.4 Å². The third-order valence-electron chi connectivity index (χ3n) is 2.54. The van der Waals surface area contributed by atoms with Crippen molar-refractivity contribution in [3.8, 4) is 0 Å². The fraction of sp³-hybridized carbons (Fsp3) is 0.308. The Morgan fingerprint density at radius 2 is 2.17 bits per heavy atom. The van der Waals surface area contributed by atoms with E-state index in [2.05, 4.69) is 25.9 Å². The Kier molecular flexibility index (Phi) is 7.07.